The number of hydrogen-bond donors (Lipinski definition) is 1. The van der Waals surface area contributed by atoms with Gasteiger partial charge in [-0.05, 0) is 25.5 Å². The summed E-state index contributed by atoms with van der Waals surface area (Å²) in [5.74, 6) is -0.941. The molecule has 0 spiro atoms. The summed E-state index contributed by atoms with van der Waals surface area (Å²) in [6, 6.07) is 1.52. The van der Waals surface area contributed by atoms with Gasteiger partial charge in [-0.2, -0.15) is 0 Å². The lowest BCUT2D eigenvalue weighted by molar-refractivity contribution is -0.112. The molecule has 1 aliphatic carbocycles. The van der Waals surface area contributed by atoms with Gasteiger partial charge in [0.1, 0.15) is 11.9 Å². The van der Waals surface area contributed by atoms with Crippen LogP contribution in [0, 0.1) is 12.3 Å². The quantitative estimate of drug-likeness (QED) is 0.807. The van der Waals surface area contributed by atoms with Crippen LogP contribution in [0.2, 0.25) is 0 Å². The zero-order chi connectivity index (χ0) is 16.4. The molecule has 0 fully saturated rings. The minimum absolute atomic E-state index is 0.0199. The molecule has 1 aromatic carbocycles. The van der Waals surface area contributed by atoms with Gasteiger partial charge in [-0.1, -0.05) is 13.8 Å². The smallest absolute Gasteiger partial charge is 0.237 e. The van der Waals surface area contributed by atoms with Gasteiger partial charge in [0.25, 0.3) is 0 Å². The second-order valence-electron chi connectivity index (χ2n) is 6.34. The molecule has 2 aliphatic rings. The van der Waals surface area contributed by atoms with E-state index in [1.165, 1.54) is 13.2 Å². The van der Waals surface area contributed by atoms with Gasteiger partial charge >= 0.3 is 0 Å². The highest BCUT2D eigenvalue weighted by atomic mass is 16.5. The SMILES string of the molecule is COc1c(O)cc(C)c2c1C(=O)C(=O)C1=C2O[C@H](C)C1(C)C. The van der Waals surface area contributed by atoms with E-state index in [0.717, 1.165) is 0 Å². The Balaban J connectivity index is 2.42. The molecule has 0 bridgehead atoms. The lowest BCUT2D eigenvalue weighted by Gasteiger charge is -2.25. The molecule has 0 aromatic heterocycles. The van der Waals surface area contributed by atoms with Crippen molar-refractivity contribution in [1.82, 2.24) is 0 Å². The summed E-state index contributed by atoms with van der Waals surface area (Å²) in [7, 11) is 1.36. The first-order valence-electron chi connectivity index (χ1n) is 7.13. The molecule has 3 rings (SSSR count). The third-order valence-electron chi connectivity index (χ3n) is 4.73. The number of aryl methyl sites for hydroxylation is 1. The van der Waals surface area contributed by atoms with Gasteiger partial charge in [0, 0.05) is 11.0 Å². The summed E-state index contributed by atoms with van der Waals surface area (Å²) in [6.45, 7) is 7.43. The standard InChI is InChI=1S/C17H18O5/c1-7-6-9(18)15(21-5)11-10(7)16-12(14(20)13(11)19)17(3,4)8(2)22-16/h6,8,18H,1-5H3/t8-/m1/s1. The molecule has 0 amide bonds. The van der Waals surface area contributed by atoms with Gasteiger partial charge in [-0.15, -0.1) is 0 Å². The summed E-state index contributed by atoms with van der Waals surface area (Å²) in [4.78, 5) is 25.2. The van der Waals surface area contributed by atoms with Gasteiger partial charge in [-0.25, -0.2) is 0 Å². The average molecular weight is 302 g/mol. The van der Waals surface area contributed by atoms with Crippen LogP contribution in [0.25, 0.3) is 5.76 Å². The Bertz CT molecular complexity index is 755. The van der Waals surface area contributed by atoms with Crippen LogP contribution in [-0.2, 0) is 9.53 Å². The number of rotatable bonds is 1. The number of aromatic hydroxyl groups is 1. The molecule has 0 saturated heterocycles. The van der Waals surface area contributed by atoms with Crippen molar-refractivity contribution in [3.63, 3.8) is 0 Å². The van der Waals surface area contributed by atoms with Crippen LogP contribution in [-0.4, -0.2) is 29.9 Å². The molecule has 1 heterocycles. The second kappa shape index (κ2) is 4.35. The van der Waals surface area contributed by atoms with E-state index in [-0.39, 0.29) is 23.2 Å². The summed E-state index contributed by atoms with van der Waals surface area (Å²) < 4.78 is 11.1. The highest BCUT2D eigenvalue weighted by Gasteiger charge is 2.51. The minimum Gasteiger partial charge on any atom is -0.504 e. The molecule has 0 saturated carbocycles. The van der Waals surface area contributed by atoms with Gasteiger partial charge < -0.3 is 14.6 Å². The Morgan fingerprint density at radius 1 is 1.23 bits per heavy atom. The molecule has 1 atom stereocenters. The molecule has 0 unspecified atom stereocenters. The zero-order valence-corrected chi connectivity index (χ0v) is 13.2. The fourth-order valence-electron chi connectivity index (χ4n) is 3.18. The maximum atomic E-state index is 12.6. The number of fused-ring (bicyclic) bond motifs is 2. The van der Waals surface area contributed by atoms with E-state index in [2.05, 4.69) is 0 Å². The van der Waals surface area contributed by atoms with E-state index < -0.39 is 17.0 Å². The number of benzene rings is 1. The number of carbonyl (C=O) groups excluding carboxylic acids is 2. The van der Waals surface area contributed by atoms with Crippen molar-refractivity contribution in [2.24, 2.45) is 5.41 Å². The fraction of sp³-hybridized carbons (Fsp3) is 0.412. The molecule has 22 heavy (non-hydrogen) atoms. The number of Topliss-reactive ketones (excluding diaryl/α,β-unsaturated/α-hetero) is 2. The first-order chi connectivity index (χ1) is 10.2. The lowest BCUT2D eigenvalue weighted by Crippen LogP contribution is -2.32. The van der Waals surface area contributed by atoms with E-state index in [0.29, 0.717) is 22.5 Å². The number of ether oxygens (including phenoxy) is 2. The largest absolute Gasteiger partial charge is 0.504 e. The van der Waals surface area contributed by atoms with Crippen LogP contribution in [0.4, 0.5) is 0 Å². The van der Waals surface area contributed by atoms with Gasteiger partial charge in [0.2, 0.25) is 11.6 Å². The number of phenolic OH excluding ortho intramolecular Hbond substituents is 1. The highest BCUT2D eigenvalue weighted by Crippen LogP contribution is 2.52. The molecule has 1 N–H and O–H groups in total. The van der Waals surface area contributed by atoms with E-state index >= 15 is 0 Å². The molecule has 5 nitrogen and oxygen atoms in total. The monoisotopic (exact) mass is 302 g/mol. The predicted molar refractivity (Wildman–Crippen MR) is 80.0 cm³/mol. The van der Waals surface area contributed by atoms with Crippen LogP contribution in [0.5, 0.6) is 11.5 Å². The molecule has 5 heteroatoms. The van der Waals surface area contributed by atoms with Crippen molar-refractivity contribution in [3.8, 4) is 11.5 Å². The third-order valence-corrected chi connectivity index (χ3v) is 4.73. The van der Waals surface area contributed by atoms with Crippen LogP contribution in [0.1, 0.15) is 42.3 Å². The van der Waals surface area contributed by atoms with Crippen molar-refractivity contribution in [1.29, 1.82) is 0 Å². The molecular weight excluding hydrogens is 284 g/mol. The minimum atomic E-state index is -0.657. The zero-order valence-electron chi connectivity index (χ0n) is 13.2. The normalized spacial score (nSPS) is 22.3. The maximum Gasteiger partial charge on any atom is 0.237 e. The Hall–Kier alpha value is -2.30. The Kier molecular flexibility index (Phi) is 2.89. The average Bonchev–Trinajstić information content (AvgIpc) is 2.66. The molecule has 1 aromatic rings. The lowest BCUT2D eigenvalue weighted by atomic mass is 9.73. The summed E-state index contributed by atoms with van der Waals surface area (Å²) in [6.07, 6.45) is -0.223. The topological polar surface area (TPSA) is 72.8 Å². The molecule has 1 aliphatic heterocycles. The molecular formula is C17H18O5. The van der Waals surface area contributed by atoms with Crippen LogP contribution in [0.15, 0.2) is 11.6 Å². The first-order valence-corrected chi connectivity index (χ1v) is 7.13. The van der Waals surface area contributed by atoms with Gasteiger partial charge in [0.15, 0.2) is 11.5 Å². The Labute approximate surface area is 128 Å². The van der Waals surface area contributed by atoms with E-state index in [1.54, 1.807) is 6.92 Å². The summed E-state index contributed by atoms with van der Waals surface area (Å²) in [5.41, 5.74) is 1.18. The summed E-state index contributed by atoms with van der Waals surface area (Å²) in [5, 5.41) is 10.0. The maximum absolute atomic E-state index is 12.6. The van der Waals surface area contributed by atoms with Crippen molar-refractivity contribution in [3.05, 3.63) is 28.3 Å². The highest BCUT2D eigenvalue weighted by molar-refractivity contribution is 6.53. The third kappa shape index (κ3) is 1.59. The molecule has 116 valence electrons. The number of ketones is 2. The Morgan fingerprint density at radius 2 is 1.86 bits per heavy atom. The first kappa shape index (κ1) is 14.6. The fourth-order valence-corrected chi connectivity index (χ4v) is 3.18. The van der Waals surface area contributed by atoms with Crippen molar-refractivity contribution in [2.75, 3.05) is 7.11 Å². The van der Waals surface area contributed by atoms with E-state index in [9.17, 15) is 14.7 Å². The summed E-state index contributed by atoms with van der Waals surface area (Å²) >= 11 is 0. The number of methoxy groups -OCH3 is 1. The van der Waals surface area contributed by atoms with Gasteiger partial charge in [0.05, 0.1) is 18.2 Å². The van der Waals surface area contributed by atoms with Crippen LogP contribution >= 0.6 is 0 Å². The predicted octanol–water partition coefficient (Wildman–Crippen LogP) is 2.63. The second-order valence-corrected chi connectivity index (χ2v) is 6.34. The molecule has 0 radical (unpaired) electrons. The van der Waals surface area contributed by atoms with E-state index in [1.807, 2.05) is 20.8 Å². The number of hydrogen-bond acceptors (Lipinski definition) is 5. The van der Waals surface area contributed by atoms with E-state index in [4.69, 9.17) is 9.47 Å². The number of phenols is 1. The number of carbonyl (C=O) groups is 2. The Morgan fingerprint density at radius 3 is 2.45 bits per heavy atom. The van der Waals surface area contributed by atoms with Crippen molar-refractivity contribution >= 4 is 17.3 Å². The van der Waals surface area contributed by atoms with Gasteiger partial charge in [-0.3, -0.25) is 9.59 Å². The van der Waals surface area contributed by atoms with Crippen molar-refractivity contribution in [2.45, 2.75) is 33.8 Å². The van der Waals surface area contributed by atoms with Crippen molar-refractivity contribution < 1.29 is 24.2 Å². The van der Waals surface area contributed by atoms with Crippen LogP contribution in [0.3, 0.4) is 0 Å². The van der Waals surface area contributed by atoms with Crippen LogP contribution < -0.4 is 4.74 Å².